The number of amides is 1. The number of carboxylic acid groups (broad SMARTS) is 1. The highest BCUT2D eigenvalue weighted by molar-refractivity contribution is 5.85. The molecule has 1 rings (SSSR count). The van der Waals surface area contributed by atoms with E-state index in [1.807, 2.05) is 20.8 Å². The summed E-state index contributed by atoms with van der Waals surface area (Å²) in [5, 5.41) is 11.4. The standard InChI is InChI=1S/C16H21NO4/c1-4-16(2,3)17-14(18)11-21-13-8-5-12(6-9-13)7-10-15(19)20/h5-10H,4,11H2,1-3H3,(H,17,18)(H,19,20). The molecule has 21 heavy (non-hydrogen) atoms. The van der Waals surface area contributed by atoms with Crippen molar-refractivity contribution in [1.82, 2.24) is 5.32 Å². The molecule has 1 aromatic carbocycles. The van der Waals surface area contributed by atoms with Gasteiger partial charge in [0.05, 0.1) is 0 Å². The van der Waals surface area contributed by atoms with E-state index < -0.39 is 5.97 Å². The van der Waals surface area contributed by atoms with Crippen LogP contribution < -0.4 is 10.1 Å². The first-order chi connectivity index (χ1) is 9.82. The van der Waals surface area contributed by atoms with Crippen molar-refractivity contribution >= 4 is 18.0 Å². The van der Waals surface area contributed by atoms with E-state index in [1.54, 1.807) is 24.3 Å². The van der Waals surface area contributed by atoms with E-state index in [2.05, 4.69) is 5.32 Å². The molecule has 0 saturated carbocycles. The first-order valence-electron chi connectivity index (χ1n) is 6.77. The molecule has 0 aliphatic rings. The van der Waals surface area contributed by atoms with Gasteiger partial charge in [-0.2, -0.15) is 0 Å². The number of carboxylic acids is 1. The zero-order chi connectivity index (χ0) is 15.9. The Balaban J connectivity index is 2.49. The summed E-state index contributed by atoms with van der Waals surface area (Å²) in [6, 6.07) is 6.84. The summed E-state index contributed by atoms with van der Waals surface area (Å²) in [7, 11) is 0. The number of carbonyl (C=O) groups excluding carboxylic acids is 1. The number of benzene rings is 1. The van der Waals surface area contributed by atoms with Gasteiger partial charge in [-0.05, 0) is 44.0 Å². The molecule has 0 atom stereocenters. The Hall–Kier alpha value is -2.30. The van der Waals surface area contributed by atoms with E-state index in [0.29, 0.717) is 5.75 Å². The molecule has 1 aromatic rings. The SMILES string of the molecule is CCC(C)(C)NC(=O)COc1ccc(C=CC(=O)O)cc1. The Morgan fingerprint density at radius 3 is 2.43 bits per heavy atom. The van der Waals surface area contributed by atoms with Crippen molar-refractivity contribution in [3.8, 4) is 5.75 Å². The minimum atomic E-state index is -0.995. The van der Waals surface area contributed by atoms with Crippen LogP contribution in [0.1, 0.15) is 32.8 Å². The molecule has 0 aromatic heterocycles. The minimum absolute atomic E-state index is 0.0479. The predicted molar refractivity (Wildman–Crippen MR) is 81.1 cm³/mol. The summed E-state index contributed by atoms with van der Waals surface area (Å²) < 4.78 is 5.39. The summed E-state index contributed by atoms with van der Waals surface area (Å²) in [5.74, 6) is -0.603. The summed E-state index contributed by atoms with van der Waals surface area (Å²) in [4.78, 5) is 22.1. The molecular weight excluding hydrogens is 270 g/mol. The topological polar surface area (TPSA) is 75.6 Å². The molecular formula is C16H21NO4. The summed E-state index contributed by atoms with van der Waals surface area (Å²) >= 11 is 0. The van der Waals surface area contributed by atoms with Crippen molar-refractivity contribution in [2.45, 2.75) is 32.7 Å². The Kier molecular flexibility index (Phi) is 5.96. The molecule has 0 radical (unpaired) electrons. The van der Waals surface area contributed by atoms with Gasteiger partial charge in [0, 0.05) is 11.6 Å². The monoisotopic (exact) mass is 291 g/mol. The van der Waals surface area contributed by atoms with Crippen LogP contribution in [0.3, 0.4) is 0 Å². The maximum atomic E-state index is 11.7. The third-order valence-electron chi connectivity index (χ3n) is 3.03. The van der Waals surface area contributed by atoms with E-state index in [0.717, 1.165) is 18.1 Å². The first-order valence-corrected chi connectivity index (χ1v) is 6.77. The number of hydrogen-bond donors (Lipinski definition) is 2. The van der Waals surface area contributed by atoms with E-state index in [4.69, 9.17) is 9.84 Å². The predicted octanol–water partition coefficient (Wildman–Crippen LogP) is 2.47. The quantitative estimate of drug-likeness (QED) is 0.757. The average Bonchev–Trinajstić information content (AvgIpc) is 2.43. The van der Waals surface area contributed by atoms with Gasteiger partial charge in [-0.15, -0.1) is 0 Å². The van der Waals surface area contributed by atoms with Crippen molar-refractivity contribution in [2.24, 2.45) is 0 Å². The van der Waals surface area contributed by atoms with Crippen LogP contribution in [-0.4, -0.2) is 29.1 Å². The molecule has 0 spiro atoms. The maximum Gasteiger partial charge on any atom is 0.328 e. The van der Waals surface area contributed by atoms with Gasteiger partial charge in [0.25, 0.3) is 5.91 Å². The molecule has 0 fully saturated rings. The molecule has 0 saturated heterocycles. The lowest BCUT2D eigenvalue weighted by atomic mass is 10.0. The van der Waals surface area contributed by atoms with Gasteiger partial charge >= 0.3 is 5.97 Å². The molecule has 2 N–H and O–H groups in total. The second-order valence-electron chi connectivity index (χ2n) is 5.31. The zero-order valence-electron chi connectivity index (χ0n) is 12.6. The second-order valence-corrected chi connectivity index (χ2v) is 5.31. The number of carbonyl (C=O) groups is 2. The molecule has 0 unspecified atom stereocenters. The van der Waals surface area contributed by atoms with Gasteiger partial charge in [-0.25, -0.2) is 4.79 Å². The largest absolute Gasteiger partial charge is 0.484 e. The van der Waals surface area contributed by atoms with Crippen LogP contribution in [0, 0.1) is 0 Å². The van der Waals surface area contributed by atoms with Crippen LogP contribution in [0.5, 0.6) is 5.75 Å². The van der Waals surface area contributed by atoms with Crippen molar-refractivity contribution in [3.63, 3.8) is 0 Å². The normalized spacial score (nSPS) is 11.4. The lowest BCUT2D eigenvalue weighted by Crippen LogP contribution is -2.44. The van der Waals surface area contributed by atoms with Crippen molar-refractivity contribution in [3.05, 3.63) is 35.9 Å². The fourth-order valence-electron chi connectivity index (χ4n) is 1.49. The molecule has 0 bridgehead atoms. The Morgan fingerprint density at radius 2 is 1.90 bits per heavy atom. The minimum Gasteiger partial charge on any atom is -0.484 e. The van der Waals surface area contributed by atoms with Crippen molar-refractivity contribution in [2.75, 3.05) is 6.61 Å². The average molecular weight is 291 g/mol. The highest BCUT2D eigenvalue weighted by Crippen LogP contribution is 2.13. The van der Waals surface area contributed by atoms with Crippen LogP contribution in [0.25, 0.3) is 6.08 Å². The van der Waals surface area contributed by atoms with Gasteiger partial charge in [-0.3, -0.25) is 4.79 Å². The van der Waals surface area contributed by atoms with Crippen LogP contribution >= 0.6 is 0 Å². The van der Waals surface area contributed by atoms with Gasteiger partial charge in [-0.1, -0.05) is 19.1 Å². The zero-order valence-corrected chi connectivity index (χ0v) is 12.6. The molecule has 0 heterocycles. The lowest BCUT2D eigenvalue weighted by Gasteiger charge is -2.24. The van der Waals surface area contributed by atoms with Crippen molar-refractivity contribution in [1.29, 1.82) is 0 Å². The highest BCUT2D eigenvalue weighted by atomic mass is 16.5. The molecule has 1 amide bonds. The number of nitrogens with one attached hydrogen (secondary N) is 1. The van der Waals surface area contributed by atoms with Gasteiger partial charge in [0.15, 0.2) is 6.61 Å². The summed E-state index contributed by atoms with van der Waals surface area (Å²) in [5.41, 5.74) is 0.507. The van der Waals surface area contributed by atoms with E-state index in [1.165, 1.54) is 6.08 Å². The second kappa shape index (κ2) is 7.47. The fraction of sp³-hybridized carbons (Fsp3) is 0.375. The van der Waals surface area contributed by atoms with E-state index in [-0.39, 0.29) is 18.1 Å². The number of aliphatic carboxylic acids is 1. The summed E-state index contributed by atoms with van der Waals surface area (Å²) in [6.45, 7) is 5.86. The maximum absolute atomic E-state index is 11.7. The smallest absolute Gasteiger partial charge is 0.328 e. The molecule has 0 aliphatic carbocycles. The van der Waals surface area contributed by atoms with Crippen molar-refractivity contribution < 1.29 is 19.4 Å². The van der Waals surface area contributed by atoms with E-state index in [9.17, 15) is 9.59 Å². The van der Waals surface area contributed by atoms with E-state index >= 15 is 0 Å². The van der Waals surface area contributed by atoms with Crippen LogP contribution in [0.2, 0.25) is 0 Å². The molecule has 0 aliphatic heterocycles. The fourth-order valence-corrected chi connectivity index (χ4v) is 1.49. The Labute approximate surface area is 124 Å². The Bertz CT molecular complexity index is 518. The van der Waals surface area contributed by atoms with Gasteiger partial charge < -0.3 is 15.2 Å². The first kappa shape index (κ1) is 16.8. The van der Waals surface area contributed by atoms with Crippen LogP contribution in [0.4, 0.5) is 0 Å². The van der Waals surface area contributed by atoms with Crippen LogP contribution in [0.15, 0.2) is 30.3 Å². The number of rotatable bonds is 7. The third kappa shape index (κ3) is 6.61. The van der Waals surface area contributed by atoms with Crippen LogP contribution in [-0.2, 0) is 9.59 Å². The molecule has 5 heteroatoms. The highest BCUT2D eigenvalue weighted by Gasteiger charge is 2.17. The lowest BCUT2D eigenvalue weighted by molar-refractivity contribution is -0.131. The number of ether oxygens (including phenoxy) is 1. The van der Waals surface area contributed by atoms with Gasteiger partial charge in [0.2, 0.25) is 0 Å². The number of hydrogen-bond acceptors (Lipinski definition) is 3. The molecule has 114 valence electrons. The Morgan fingerprint density at radius 1 is 1.29 bits per heavy atom. The third-order valence-corrected chi connectivity index (χ3v) is 3.03. The van der Waals surface area contributed by atoms with Gasteiger partial charge in [0.1, 0.15) is 5.75 Å². The molecule has 5 nitrogen and oxygen atoms in total. The summed E-state index contributed by atoms with van der Waals surface area (Å²) in [6.07, 6.45) is 3.39.